The lowest BCUT2D eigenvalue weighted by molar-refractivity contribution is 0.0948. The predicted molar refractivity (Wildman–Crippen MR) is 64.1 cm³/mol. The first-order valence-electron chi connectivity index (χ1n) is 5.35. The van der Waals surface area contributed by atoms with E-state index in [4.69, 9.17) is 5.73 Å². The maximum Gasteiger partial charge on any atom is 0.254 e. The van der Waals surface area contributed by atoms with E-state index >= 15 is 0 Å². The average molecular weight is 240 g/mol. The van der Waals surface area contributed by atoms with E-state index in [1.807, 2.05) is 19.0 Å². The topological polar surface area (TPSA) is 71.2 Å². The Balaban J connectivity index is 2.50. The molecule has 0 unspecified atom stereocenters. The minimum absolute atomic E-state index is 0.0673. The Kier molecular flexibility index (Phi) is 4.84. The third-order valence-corrected chi connectivity index (χ3v) is 2.23. The fraction of sp³-hybridized carbons (Fsp3) is 0.455. The van der Waals surface area contributed by atoms with Gasteiger partial charge in [-0.3, -0.25) is 4.79 Å². The number of carbonyl (C=O) groups excluding carboxylic acids is 1. The number of hydrogen-bond acceptors (Lipinski definition) is 4. The number of amides is 1. The van der Waals surface area contributed by atoms with Crippen LogP contribution < -0.4 is 11.1 Å². The van der Waals surface area contributed by atoms with Crippen molar-refractivity contribution in [3.05, 3.63) is 23.6 Å². The van der Waals surface area contributed by atoms with Crippen molar-refractivity contribution in [2.75, 3.05) is 32.9 Å². The molecule has 1 aromatic rings. The monoisotopic (exact) mass is 240 g/mol. The summed E-state index contributed by atoms with van der Waals surface area (Å²) in [5.74, 6) is -1.49. The van der Waals surface area contributed by atoms with Crippen LogP contribution in [0.25, 0.3) is 0 Å². The molecule has 6 heteroatoms. The molecule has 5 nitrogen and oxygen atoms in total. The smallest absolute Gasteiger partial charge is 0.254 e. The number of nitrogen functional groups attached to an aromatic ring is 1. The highest BCUT2D eigenvalue weighted by molar-refractivity contribution is 5.95. The van der Waals surface area contributed by atoms with Crippen LogP contribution in [0.3, 0.4) is 0 Å². The Hall–Kier alpha value is -1.69. The number of halogens is 1. The lowest BCUT2D eigenvalue weighted by Gasteiger charge is -2.10. The van der Waals surface area contributed by atoms with Gasteiger partial charge in [-0.2, -0.15) is 0 Å². The van der Waals surface area contributed by atoms with Crippen LogP contribution in [0.2, 0.25) is 0 Å². The SMILES string of the molecule is CN(C)CCCNC(=O)c1ccnc(N)c1F. The molecule has 3 N–H and O–H groups in total. The number of rotatable bonds is 5. The Morgan fingerprint density at radius 1 is 1.59 bits per heavy atom. The van der Waals surface area contributed by atoms with Gasteiger partial charge in [-0.15, -0.1) is 0 Å². The fourth-order valence-corrected chi connectivity index (χ4v) is 1.33. The largest absolute Gasteiger partial charge is 0.381 e. The Labute approximate surface area is 99.8 Å². The van der Waals surface area contributed by atoms with E-state index in [0.29, 0.717) is 6.54 Å². The molecule has 0 aliphatic heterocycles. The summed E-state index contributed by atoms with van der Waals surface area (Å²) in [5, 5.41) is 2.63. The lowest BCUT2D eigenvalue weighted by Crippen LogP contribution is -2.28. The fourth-order valence-electron chi connectivity index (χ4n) is 1.33. The van der Waals surface area contributed by atoms with E-state index in [1.54, 1.807) is 0 Å². The Morgan fingerprint density at radius 2 is 2.29 bits per heavy atom. The van der Waals surface area contributed by atoms with Gasteiger partial charge in [0.05, 0.1) is 5.56 Å². The molecule has 94 valence electrons. The molecule has 0 radical (unpaired) electrons. The zero-order valence-corrected chi connectivity index (χ0v) is 10.0. The molecule has 0 saturated carbocycles. The molecule has 17 heavy (non-hydrogen) atoms. The van der Waals surface area contributed by atoms with Crippen LogP contribution in [0.5, 0.6) is 0 Å². The predicted octanol–water partition coefficient (Wildman–Crippen LogP) is 0.484. The number of nitrogens with zero attached hydrogens (tertiary/aromatic N) is 2. The summed E-state index contributed by atoms with van der Waals surface area (Å²) < 4.78 is 13.4. The summed E-state index contributed by atoms with van der Waals surface area (Å²) >= 11 is 0. The highest BCUT2D eigenvalue weighted by Gasteiger charge is 2.13. The molecule has 0 aliphatic carbocycles. The van der Waals surface area contributed by atoms with Crippen molar-refractivity contribution in [3.63, 3.8) is 0 Å². The molecule has 0 bridgehead atoms. The minimum Gasteiger partial charge on any atom is -0.381 e. The first-order chi connectivity index (χ1) is 8.02. The number of nitrogens with two attached hydrogens (primary N) is 1. The van der Waals surface area contributed by atoms with Crippen LogP contribution >= 0.6 is 0 Å². The van der Waals surface area contributed by atoms with Gasteiger partial charge in [0.1, 0.15) is 0 Å². The molecule has 1 amide bonds. The second-order valence-corrected chi connectivity index (χ2v) is 3.97. The summed E-state index contributed by atoms with van der Waals surface area (Å²) in [7, 11) is 3.90. The average Bonchev–Trinajstić information content (AvgIpc) is 2.27. The zero-order valence-electron chi connectivity index (χ0n) is 10.0. The van der Waals surface area contributed by atoms with Crippen molar-refractivity contribution in [3.8, 4) is 0 Å². The van der Waals surface area contributed by atoms with Crippen LogP contribution in [0.15, 0.2) is 12.3 Å². The van der Waals surface area contributed by atoms with E-state index < -0.39 is 11.7 Å². The number of pyridine rings is 1. The molecular formula is C11H17FN4O. The van der Waals surface area contributed by atoms with E-state index in [9.17, 15) is 9.18 Å². The molecule has 1 rings (SSSR count). The summed E-state index contributed by atoms with van der Waals surface area (Å²) in [6.45, 7) is 1.36. The third kappa shape index (κ3) is 3.99. The minimum atomic E-state index is -0.766. The van der Waals surface area contributed by atoms with Gasteiger partial charge in [-0.05, 0) is 33.1 Å². The number of aromatic nitrogens is 1. The van der Waals surface area contributed by atoms with Crippen LogP contribution in [-0.2, 0) is 0 Å². The highest BCUT2D eigenvalue weighted by Crippen LogP contribution is 2.11. The molecule has 0 saturated heterocycles. The zero-order chi connectivity index (χ0) is 12.8. The second kappa shape index (κ2) is 6.15. The molecule has 0 spiro atoms. The van der Waals surface area contributed by atoms with E-state index in [-0.39, 0.29) is 11.4 Å². The first-order valence-corrected chi connectivity index (χ1v) is 5.35. The quantitative estimate of drug-likeness (QED) is 0.735. The van der Waals surface area contributed by atoms with Crippen LogP contribution in [0.4, 0.5) is 10.2 Å². The van der Waals surface area contributed by atoms with Gasteiger partial charge in [0, 0.05) is 12.7 Å². The maximum atomic E-state index is 13.4. The van der Waals surface area contributed by atoms with Gasteiger partial charge < -0.3 is 16.0 Å². The van der Waals surface area contributed by atoms with Crippen molar-refractivity contribution < 1.29 is 9.18 Å². The number of hydrogen-bond donors (Lipinski definition) is 2. The molecule has 1 aromatic heterocycles. The summed E-state index contributed by atoms with van der Waals surface area (Å²) in [6.07, 6.45) is 2.12. The second-order valence-electron chi connectivity index (χ2n) is 3.97. The van der Waals surface area contributed by atoms with Gasteiger partial charge >= 0.3 is 0 Å². The van der Waals surface area contributed by atoms with Crippen LogP contribution in [-0.4, -0.2) is 43.0 Å². The molecule has 0 aliphatic rings. The normalized spacial score (nSPS) is 10.6. The van der Waals surface area contributed by atoms with Gasteiger partial charge in [0.2, 0.25) is 0 Å². The van der Waals surface area contributed by atoms with Crippen molar-refractivity contribution in [1.29, 1.82) is 0 Å². The summed E-state index contributed by atoms with van der Waals surface area (Å²) in [6, 6.07) is 1.31. The van der Waals surface area contributed by atoms with Crippen molar-refractivity contribution in [1.82, 2.24) is 15.2 Å². The lowest BCUT2D eigenvalue weighted by atomic mass is 10.2. The summed E-state index contributed by atoms with van der Waals surface area (Å²) in [4.78, 5) is 17.2. The molecule has 0 fully saturated rings. The Bertz CT molecular complexity index is 395. The number of nitrogens with one attached hydrogen (secondary N) is 1. The van der Waals surface area contributed by atoms with Crippen molar-refractivity contribution >= 4 is 11.7 Å². The van der Waals surface area contributed by atoms with Gasteiger partial charge in [0.15, 0.2) is 11.6 Å². The van der Waals surface area contributed by atoms with Gasteiger partial charge in [-0.25, -0.2) is 9.37 Å². The van der Waals surface area contributed by atoms with Crippen molar-refractivity contribution in [2.45, 2.75) is 6.42 Å². The van der Waals surface area contributed by atoms with Gasteiger partial charge in [-0.1, -0.05) is 0 Å². The number of anilines is 1. The molecular weight excluding hydrogens is 223 g/mol. The summed E-state index contributed by atoms with van der Waals surface area (Å²) in [5.41, 5.74) is 5.21. The van der Waals surface area contributed by atoms with E-state index in [1.165, 1.54) is 12.3 Å². The van der Waals surface area contributed by atoms with Crippen LogP contribution in [0, 0.1) is 5.82 Å². The van der Waals surface area contributed by atoms with E-state index in [2.05, 4.69) is 10.3 Å². The molecule has 0 atom stereocenters. The van der Waals surface area contributed by atoms with Crippen LogP contribution in [0.1, 0.15) is 16.8 Å². The standard InChI is InChI=1S/C11H17FN4O/c1-16(2)7-3-5-15-11(17)8-4-6-14-10(13)9(8)12/h4,6H,3,5,7H2,1-2H3,(H2,13,14)(H,15,17). The van der Waals surface area contributed by atoms with Crippen molar-refractivity contribution in [2.24, 2.45) is 0 Å². The number of carbonyl (C=O) groups is 1. The Morgan fingerprint density at radius 3 is 2.94 bits per heavy atom. The maximum absolute atomic E-state index is 13.4. The first kappa shape index (κ1) is 13.4. The highest BCUT2D eigenvalue weighted by atomic mass is 19.1. The third-order valence-electron chi connectivity index (χ3n) is 2.23. The van der Waals surface area contributed by atoms with E-state index in [0.717, 1.165) is 13.0 Å². The molecule has 0 aromatic carbocycles. The molecule has 1 heterocycles. The van der Waals surface area contributed by atoms with Gasteiger partial charge in [0.25, 0.3) is 5.91 Å².